The van der Waals surface area contributed by atoms with E-state index in [9.17, 15) is 18.0 Å². The molecular weight excluding hydrogens is 302 g/mol. The third-order valence-electron chi connectivity index (χ3n) is 2.17. The van der Waals surface area contributed by atoms with Crippen molar-refractivity contribution in [3.05, 3.63) is 12.4 Å². The number of nitrogens with one attached hydrogen (secondary N) is 2. The number of carboxylic acids is 1. The normalized spacial score (nSPS) is 13.7. The fourth-order valence-corrected chi connectivity index (χ4v) is 2.46. The summed E-state index contributed by atoms with van der Waals surface area (Å²) >= 11 is 0. The Hall–Kier alpha value is -1.94. The van der Waals surface area contributed by atoms with E-state index in [-0.39, 0.29) is 4.90 Å². The van der Waals surface area contributed by atoms with Crippen LogP contribution in [0.4, 0.5) is 0 Å². The molecule has 9 nitrogen and oxygen atoms in total. The highest BCUT2D eigenvalue weighted by molar-refractivity contribution is 7.89. The topological polar surface area (TPSA) is 138 Å². The third-order valence-corrected chi connectivity index (χ3v) is 3.61. The lowest BCUT2D eigenvalue weighted by Gasteiger charge is -2.21. The van der Waals surface area contributed by atoms with Gasteiger partial charge in [-0.25, -0.2) is 8.42 Å². The number of hydrogen-bond acceptors (Lipinski definition) is 6. The van der Waals surface area contributed by atoms with E-state index in [1.807, 2.05) is 4.72 Å². The predicted molar refractivity (Wildman–Crippen MR) is 70.8 cm³/mol. The molecule has 0 saturated carbocycles. The molecule has 21 heavy (non-hydrogen) atoms. The Labute approximate surface area is 121 Å². The minimum atomic E-state index is -4.08. The number of rotatable bonds is 6. The van der Waals surface area contributed by atoms with E-state index in [4.69, 9.17) is 9.84 Å². The first kappa shape index (κ1) is 17.1. The average molecular weight is 319 g/mol. The second-order valence-corrected chi connectivity index (χ2v) is 6.95. The first-order valence-electron chi connectivity index (χ1n) is 5.97. The number of sulfonamides is 1. The zero-order chi connectivity index (χ0) is 16.3. The van der Waals surface area contributed by atoms with Crippen LogP contribution in [0, 0.1) is 0 Å². The largest absolute Gasteiger partial charge is 0.480 e. The van der Waals surface area contributed by atoms with E-state index < -0.39 is 40.0 Å². The molecule has 0 saturated heterocycles. The van der Waals surface area contributed by atoms with Crippen molar-refractivity contribution in [2.24, 2.45) is 0 Å². The van der Waals surface area contributed by atoms with Crippen LogP contribution in [0.5, 0.6) is 0 Å². The molecule has 118 valence electrons. The van der Waals surface area contributed by atoms with E-state index in [1.54, 1.807) is 20.8 Å². The summed E-state index contributed by atoms with van der Waals surface area (Å²) in [6.07, 6.45) is 1.49. The van der Waals surface area contributed by atoms with E-state index in [0.717, 1.165) is 12.4 Å². The first-order valence-corrected chi connectivity index (χ1v) is 7.45. The molecular formula is C11H17N3O6S. The number of aromatic nitrogens is 2. The first-order chi connectivity index (χ1) is 9.51. The zero-order valence-corrected chi connectivity index (χ0v) is 12.6. The molecule has 0 aliphatic heterocycles. The van der Waals surface area contributed by atoms with Crippen molar-refractivity contribution in [3.63, 3.8) is 0 Å². The van der Waals surface area contributed by atoms with Gasteiger partial charge in [0.2, 0.25) is 10.0 Å². The number of ether oxygens (including phenoxy) is 1. The fraction of sp³-hybridized carbons (Fsp3) is 0.545. The molecule has 10 heteroatoms. The molecule has 0 bridgehead atoms. The SMILES string of the molecule is CC(C)(C)OC(=O)C[C@H](NS(=O)(=O)c1cn[nH]c1)C(=O)O. The molecule has 0 aliphatic carbocycles. The van der Waals surface area contributed by atoms with Gasteiger partial charge in [0, 0.05) is 6.20 Å². The molecule has 1 heterocycles. The van der Waals surface area contributed by atoms with Gasteiger partial charge in [-0.1, -0.05) is 0 Å². The Bertz CT molecular complexity index is 602. The fourth-order valence-electron chi connectivity index (χ4n) is 1.37. The summed E-state index contributed by atoms with van der Waals surface area (Å²) in [5.74, 6) is -2.29. The molecule has 0 spiro atoms. The van der Waals surface area contributed by atoms with Gasteiger partial charge in [-0.2, -0.15) is 9.82 Å². The number of hydrogen-bond donors (Lipinski definition) is 3. The standard InChI is InChI=1S/C11H17N3O6S/c1-11(2,3)20-9(15)4-8(10(16)17)14-21(18,19)7-5-12-13-6-7/h5-6,8,14H,4H2,1-3H3,(H,12,13)(H,16,17)/t8-/m0/s1. The molecule has 0 amide bonds. The van der Waals surface area contributed by atoms with Crippen LogP contribution >= 0.6 is 0 Å². The van der Waals surface area contributed by atoms with E-state index in [0.29, 0.717) is 0 Å². The highest BCUT2D eigenvalue weighted by Gasteiger charge is 2.30. The van der Waals surface area contributed by atoms with Crippen molar-refractivity contribution in [2.45, 2.75) is 43.7 Å². The molecule has 1 atom stereocenters. The van der Waals surface area contributed by atoms with Crippen LogP contribution in [-0.4, -0.2) is 47.3 Å². The molecule has 0 fully saturated rings. The molecule has 1 rings (SSSR count). The molecule has 0 unspecified atom stereocenters. The van der Waals surface area contributed by atoms with Crippen molar-refractivity contribution in [3.8, 4) is 0 Å². The Morgan fingerprint density at radius 3 is 2.52 bits per heavy atom. The Morgan fingerprint density at radius 2 is 2.10 bits per heavy atom. The van der Waals surface area contributed by atoms with Crippen molar-refractivity contribution >= 4 is 22.0 Å². The smallest absolute Gasteiger partial charge is 0.322 e. The quantitative estimate of drug-likeness (QED) is 0.621. The predicted octanol–water partition coefficient (Wildman–Crippen LogP) is -0.127. The molecule has 0 aromatic carbocycles. The maximum atomic E-state index is 11.9. The lowest BCUT2D eigenvalue weighted by atomic mass is 10.2. The van der Waals surface area contributed by atoms with Gasteiger partial charge in [0.1, 0.15) is 16.5 Å². The van der Waals surface area contributed by atoms with Gasteiger partial charge in [0.25, 0.3) is 0 Å². The van der Waals surface area contributed by atoms with Crippen LogP contribution < -0.4 is 4.72 Å². The maximum absolute atomic E-state index is 11.9. The highest BCUT2D eigenvalue weighted by Crippen LogP contribution is 2.11. The minimum Gasteiger partial charge on any atom is -0.480 e. The summed E-state index contributed by atoms with van der Waals surface area (Å²) < 4.78 is 30.7. The van der Waals surface area contributed by atoms with Crippen LogP contribution in [0.2, 0.25) is 0 Å². The summed E-state index contributed by atoms with van der Waals surface area (Å²) in [7, 11) is -4.08. The number of carbonyl (C=O) groups is 2. The number of aliphatic carboxylic acids is 1. The third kappa shape index (κ3) is 5.52. The molecule has 1 aromatic rings. The van der Waals surface area contributed by atoms with Gasteiger partial charge in [0.15, 0.2) is 0 Å². The van der Waals surface area contributed by atoms with E-state index in [1.165, 1.54) is 0 Å². The molecule has 0 radical (unpaired) electrons. The lowest BCUT2D eigenvalue weighted by molar-refractivity contribution is -0.158. The molecule has 0 aliphatic rings. The van der Waals surface area contributed by atoms with Gasteiger partial charge < -0.3 is 9.84 Å². The minimum absolute atomic E-state index is 0.224. The number of H-pyrrole nitrogens is 1. The lowest BCUT2D eigenvalue weighted by Crippen LogP contribution is -2.43. The van der Waals surface area contributed by atoms with Gasteiger partial charge in [-0.15, -0.1) is 0 Å². The summed E-state index contributed by atoms with van der Waals surface area (Å²) in [4.78, 5) is 22.5. The zero-order valence-electron chi connectivity index (χ0n) is 11.8. The Balaban J connectivity index is 2.80. The number of nitrogens with zero attached hydrogens (tertiary/aromatic N) is 1. The summed E-state index contributed by atoms with van der Waals surface area (Å²) in [6, 6.07) is -1.63. The van der Waals surface area contributed by atoms with Gasteiger partial charge in [-0.3, -0.25) is 14.7 Å². The van der Waals surface area contributed by atoms with Crippen molar-refractivity contribution < 1.29 is 27.9 Å². The van der Waals surface area contributed by atoms with Crippen LogP contribution in [0.1, 0.15) is 27.2 Å². The average Bonchev–Trinajstić information content (AvgIpc) is 2.78. The number of aromatic amines is 1. The van der Waals surface area contributed by atoms with Crippen molar-refractivity contribution in [1.82, 2.24) is 14.9 Å². The number of carbonyl (C=O) groups excluding carboxylic acids is 1. The van der Waals surface area contributed by atoms with Crippen LogP contribution in [0.15, 0.2) is 17.3 Å². The second-order valence-electron chi connectivity index (χ2n) is 5.24. The number of esters is 1. The van der Waals surface area contributed by atoms with E-state index in [2.05, 4.69) is 10.2 Å². The van der Waals surface area contributed by atoms with Crippen LogP contribution in [0.25, 0.3) is 0 Å². The van der Waals surface area contributed by atoms with Gasteiger partial charge >= 0.3 is 11.9 Å². The molecule has 1 aromatic heterocycles. The van der Waals surface area contributed by atoms with E-state index >= 15 is 0 Å². The van der Waals surface area contributed by atoms with Gasteiger partial charge in [-0.05, 0) is 20.8 Å². The Kier molecular flexibility index (Phi) is 5.07. The van der Waals surface area contributed by atoms with Crippen LogP contribution in [0.3, 0.4) is 0 Å². The van der Waals surface area contributed by atoms with Gasteiger partial charge in [0.05, 0.1) is 12.6 Å². The molecule has 3 N–H and O–H groups in total. The summed E-state index contributed by atoms with van der Waals surface area (Å²) in [5, 5.41) is 14.8. The second kappa shape index (κ2) is 6.22. The van der Waals surface area contributed by atoms with Crippen molar-refractivity contribution in [2.75, 3.05) is 0 Å². The summed E-state index contributed by atoms with van der Waals surface area (Å²) in [5.41, 5.74) is -0.788. The van der Waals surface area contributed by atoms with Crippen molar-refractivity contribution in [1.29, 1.82) is 0 Å². The summed E-state index contributed by atoms with van der Waals surface area (Å²) in [6.45, 7) is 4.86. The Morgan fingerprint density at radius 1 is 1.48 bits per heavy atom. The monoisotopic (exact) mass is 319 g/mol. The maximum Gasteiger partial charge on any atom is 0.322 e. The number of carboxylic acid groups (broad SMARTS) is 1. The highest BCUT2D eigenvalue weighted by atomic mass is 32.2. The van der Waals surface area contributed by atoms with Crippen LogP contribution in [-0.2, 0) is 24.3 Å².